The number of hydrogen-bond donors (Lipinski definition) is 3. The Bertz CT molecular complexity index is 1360. The number of hydrogen-bond acceptors (Lipinski definition) is 7. The molecule has 1 aliphatic rings. The Morgan fingerprint density at radius 3 is 2.41 bits per heavy atom. The Morgan fingerprint density at radius 1 is 1.12 bits per heavy atom. The van der Waals surface area contributed by atoms with Gasteiger partial charge in [-0.05, 0) is 50.9 Å². The Morgan fingerprint density at radius 2 is 1.78 bits per heavy atom. The average molecular weight is 581 g/mol. The molecule has 1 saturated heterocycles. The van der Waals surface area contributed by atoms with Crippen LogP contribution in [-0.4, -0.2) is 57.2 Å². The molecule has 0 radical (unpaired) electrons. The number of nitrogens with zero attached hydrogens (tertiary/aromatic N) is 4. The number of ether oxygens (including phenoxy) is 1. The van der Waals surface area contributed by atoms with Gasteiger partial charge in [0, 0.05) is 36.8 Å². The fourth-order valence-electron chi connectivity index (χ4n) is 4.69. The molecule has 1 aromatic carbocycles. The summed E-state index contributed by atoms with van der Waals surface area (Å²) >= 11 is 0. The molecule has 4 rings (SSSR count). The Kier molecular flexibility index (Phi) is 9.02. The van der Waals surface area contributed by atoms with Crippen LogP contribution in [-0.2, 0) is 11.8 Å². The van der Waals surface area contributed by atoms with Gasteiger partial charge in [-0.1, -0.05) is 12.1 Å². The highest BCUT2D eigenvalue weighted by Crippen LogP contribution is 2.36. The molecule has 1 aliphatic heterocycles. The first-order valence-electron chi connectivity index (χ1n) is 12.8. The van der Waals surface area contributed by atoms with Gasteiger partial charge in [0.1, 0.15) is 41.0 Å². The summed E-state index contributed by atoms with van der Waals surface area (Å²) in [6, 6.07) is 5.83. The van der Waals surface area contributed by atoms with Gasteiger partial charge in [-0.2, -0.15) is 13.2 Å². The van der Waals surface area contributed by atoms with Crippen LogP contribution < -0.4 is 15.8 Å². The molecule has 0 saturated carbocycles. The molecule has 1 fully saturated rings. The number of anilines is 1. The number of para-hydroxylation sites is 1. The van der Waals surface area contributed by atoms with Crippen LogP contribution in [0.15, 0.2) is 42.6 Å². The van der Waals surface area contributed by atoms with Crippen LogP contribution in [0.25, 0.3) is 0 Å². The van der Waals surface area contributed by atoms with Crippen molar-refractivity contribution in [2.75, 3.05) is 31.6 Å². The van der Waals surface area contributed by atoms with Crippen LogP contribution in [0.2, 0.25) is 0 Å². The topological polar surface area (TPSA) is 126 Å². The zero-order valence-electron chi connectivity index (χ0n) is 22.1. The maximum absolute atomic E-state index is 14.0. The monoisotopic (exact) mass is 580 g/mol. The van der Waals surface area contributed by atoms with Gasteiger partial charge >= 0.3 is 12.2 Å². The Labute approximate surface area is 232 Å². The summed E-state index contributed by atoms with van der Waals surface area (Å²) in [7, 11) is 0. The summed E-state index contributed by atoms with van der Waals surface area (Å²) < 4.78 is 72.7. The SMILES string of the molecule is Cc1ncc(C(O)(CCN)COc2cccc(C(F)(F)F)n2)c(C2CCN(C(=O)Nc3c(F)cccc3F)CC2)n1. The molecule has 0 bridgehead atoms. The van der Waals surface area contributed by atoms with E-state index in [0.717, 1.165) is 24.3 Å². The quantitative estimate of drug-likeness (QED) is 0.335. The van der Waals surface area contributed by atoms with Gasteiger partial charge in [-0.15, -0.1) is 0 Å². The first-order valence-corrected chi connectivity index (χ1v) is 12.8. The molecular formula is C27H29F5N6O3. The number of rotatable bonds is 8. The minimum atomic E-state index is -4.67. The van der Waals surface area contributed by atoms with E-state index in [9.17, 15) is 31.9 Å². The molecule has 2 amide bonds. The molecule has 41 heavy (non-hydrogen) atoms. The molecule has 3 aromatic rings. The van der Waals surface area contributed by atoms with Crippen molar-refractivity contribution in [2.24, 2.45) is 5.73 Å². The van der Waals surface area contributed by atoms with E-state index in [1.807, 2.05) is 0 Å². The van der Waals surface area contributed by atoms with Gasteiger partial charge in [0.05, 0.1) is 5.69 Å². The van der Waals surface area contributed by atoms with E-state index in [1.165, 1.54) is 23.2 Å². The van der Waals surface area contributed by atoms with E-state index in [1.54, 1.807) is 6.92 Å². The van der Waals surface area contributed by atoms with E-state index in [0.29, 0.717) is 29.9 Å². The number of amides is 2. The molecule has 14 heteroatoms. The second-order valence-corrected chi connectivity index (χ2v) is 9.72. The number of urea groups is 1. The zero-order valence-corrected chi connectivity index (χ0v) is 22.1. The number of aliphatic hydroxyl groups is 1. The van der Waals surface area contributed by atoms with Crippen molar-refractivity contribution in [3.8, 4) is 5.88 Å². The molecule has 4 N–H and O–H groups in total. The highest BCUT2D eigenvalue weighted by molar-refractivity contribution is 5.89. The van der Waals surface area contributed by atoms with Crippen LogP contribution in [0.3, 0.4) is 0 Å². The van der Waals surface area contributed by atoms with E-state index >= 15 is 0 Å². The van der Waals surface area contributed by atoms with E-state index < -0.39 is 47.4 Å². The number of pyridine rings is 1. The summed E-state index contributed by atoms with van der Waals surface area (Å²) in [4.78, 5) is 26.4. The predicted molar refractivity (Wildman–Crippen MR) is 138 cm³/mol. The fraction of sp³-hybridized carbons (Fsp3) is 0.407. The number of piperidine rings is 1. The van der Waals surface area contributed by atoms with Gasteiger partial charge in [-0.25, -0.2) is 28.5 Å². The molecule has 1 atom stereocenters. The van der Waals surface area contributed by atoms with Gasteiger partial charge in [0.25, 0.3) is 0 Å². The number of likely N-dealkylation sites (tertiary alicyclic amines) is 1. The summed E-state index contributed by atoms with van der Waals surface area (Å²) in [5.41, 5.74) is 3.14. The minimum absolute atomic E-state index is 0.0131. The van der Waals surface area contributed by atoms with Gasteiger partial charge in [0.2, 0.25) is 5.88 Å². The molecule has 9 nitrogen and oxygen atoms in total. The highest BCUT2D eigenvalue weighted by Gasteiger charge is 2.38. The van der Waals surface area contributed by atoms with Crippen molar-refractivity contribution in [1.82, 2.24) is 19.9 Å². The maximum Gasteiger partial charge on any atom is 0.433 e. The maximum atomic E-state index is 14.0. The van der Waals surface area contributed by atoms with Crippen molar-refractivity contribution in [3.05, 3.63) is 77.0 Å². The number of aryl methyl sites for hydroxylation is 1. The van der Waals surface area contributed by atoms with Gasteiger partial charge in [-0.3, -0.25) is 0 Å². The summed E-state index contributed by atoms with van der Waals surface area (Å²) in [6.45, 7) is 1.69. The molecule has 0 aliphatic carbocycles. The van der Waals surface area contributed by atoms with Gasteiger partial charge in [0.15, 0.2) is 0 Å². The molecule has 220 valence electrons. The fourth-order valence-corrected chi connectivity index (χ4v) is 4.69. The normalized spacial score (nSPS) is 15.9. The third kappa shape index (κ3) is 7.06. The third-order valence-corrected chi connectivity index (χ3v) is 6.83. The number of benzene rings is 1. The lowest BCUT2D eigenvalue weighted by Crippen LogP contribution is -2.42. The number of carbonyl (C=O) groups excluding carboxylic acids is 1. The van der Waals surface area contributed by atoms with Crippen molar-refractivity contribution in [3.63, 3.8) is 0 Å². The standard InChI is InChI=1S/C27H29F5N6O3/c1-16-34-14-18(26(40,10-11-33)15-41-22-7-3-6-21(36-22)27(30,31)32)23(35-16)17-8-12-38(13-9-17)25(39)37-24-19(28)4-2-5-20(24)29/h2-7,14,17,40H,8-13,15,33H2,1H3,(H,37,39). The highest BCUT2D eigenvalue weighted by atomic mass is 19.4. The van der Waals surface area contributed by atoms with Gasteiger partial charge < -0.3 is 25.8 Å². The largest absolute Gasteiger partial charge is 0.474 e. The number of aromatic nitrogens is 3. The molecule has 1 unspecified atom stereocenters. The van der Waals surface area contributed by atoms with Crippen LogP contribution >= 0.6 is 0 Å². The van der Waals surface area contributed by atoms with E-state index in [2.05, 4.69) is 20.3 Å². The van der Waals surface area contributed by atoms with Crippen LogP contribution in [0, 0.1) is 18.6 Å². The van der Waals surface area contributed by atoms with Crippen LogP contribution in [0.4, 0.5) is 32.4 Å². The second-order valence-electron chi connectivity index (χ2n) is 9.72. The first kappa shape index (κ1) is 30.1. The zero-order chi connectivity index (χ0) is 29.8. The molecule has 2 aromatic heterocycles. The number of halogens is 5. The third-order valence-electron chi connectivity index (χ3n) is 6.83. The van der Waals surface area contributed by atoms with Crippen molar-refractivity contribution in [2.45, 2.75) is 43.9 Å². The number of nitrogens with two attached hydrogens (primary N) is 1. The lowest BCUT2D eigenvalue weighted by molar-refractivity contribution is -0.141. The number of alkyl halides is 3. The summed E-state index contributed by atoms with van der Waals surface area (Å²) in [6.07, 6.45) is -2.42. The smallest absolute Gasteiger partial charge is 0.433 e. The van der Waals surface area contributed by atoms with Crippen molar-refractivity contribution >= 4 is 11.7 Å². The number of carbonyl (C=O) groups is 1. The van der Waals surface area contributed by atoms with E-state index in [-0.39, 0.29) is 37.9 Å². The second kappa shape index (κ2) is 12.3. The minimum Gasteiger partial charge on any atom is -0.474 e. The lowest BCUT2D eigenvalue weighted by Gasteiger charge is -2.35. The lowest BCUT2D eigenvalue weighted by atomic mass is 9.83. The van der Waals surface area contributed by atoms with Crippen LogP contribution in [0.1, 0.15) is 48.0 Å². The average Bonchev–Trinajstić information content (AvgIpc) is 2.94. The van der Waals surface area contributed by atoms with Crippen molar-refractivity contribution < 1.29 is 36.6 Å². The molecule has 3 heterocycles. The van der Waals surface area contributed by atoms with Crippen LogP contribution in [0.5, 0.6) is 5.88 Å². The predicted octanol–water partition coefficient (Wildman–Crippen LogP) is 4.50. The summed E-state index contributed by atoms with van der Waals surface area (Å²) in [5.74, 6) is -1.92. The van der Waals surface area contributed by atoms with E-state index in [4.69, 9.17) is 10.5 Å². The summed E-state index contributed by atoms with van der Waals surface area (Å²) in [5, 5.41) is 13.9. The molecule has 0 spiro atoms. The first-order chi connectivity index (χ1) is 19.4. The van der Waals surface area contributed by atoms with Crippen molar-refractivity contribution in [1.29, 1.82) is 0 Å². The molecular weight excluding hydrogens is 551 g/mol. The number of nitrogens with one attached hydrogen (secondary N) is 1. The Hall–Kier alpha value is -3.91. The Balaban J connectivity index is 1.51.